The minimum Gasteiger partial charge on any atom is -0.484 e. The molecule has 0 atom stereocenters. The molecule has 0 unspecified atom stereocenters. The standard InChI is InChI=1S/C21H20ClN3O4S/c1-14-19(23-20(30-14)17-3-2-12-28-17)21(27)25-10-8-24(9-11-25)18(26)13-29-16-6-4-15(22)5-7-16/h2-7,12H,8-11,13H2,1H3. The topological polar surface area (TPSA) is 75.9 Å². The number of nitrogens with zero attached hydrogens (tertiary/aromatic N) is 3. The summed E-state index contributed by atoms with van der Waals surface area (Å²) in [5.41, 5.74) is 0.442. The van der Waals surface area contributed by atoms with Gasteiger partial charge in [0.25, 0.3) is 11.8 Å². The van der Waals surface area contributed by atoms with E-state index in [1.807, 2.05) is 13.0 Å². The Labute approximate surface area is 182 Å². The van der Waals surface area contributed by atoms with Crippen LogP contribution in [0, 0.1) is 6.92 Å². The highest BCUT2D eigenvalue weighted by Gasteiger charge is 2.28. The van der Waals surface area contributed by atoms with Gasteiger partial charge >= 0.3 is 0 Å². The van der Waals surface area contributed by atoms with Crippen molar-refractivity contribution in [3.63, 3.8) is 0 Å². The Bertz CT molecular complexity index is 1030. The van der Waals surface area contributed by atoms with Crippen LogP contribution in [0.1, 0.15) is 15.4 Å². The maximum atomic E-state index is 12.9. The Morgan fingerprint density at radius 2 is 1.83 bits per heavy atom. The van der Waals surface area contributed by atoms with Gasteiger partial charge in [-0.05, 0) is 43.3 Å². The molecule has 0 spiro atoms. The van der Waals surface area contributed by atoms with Crippen molar-refractivity contribution in [3.05, 3.63) is 58.3 Å². The lowest BCUT2D eigenvalue weighted by molar-refractivity contribution is -0.134. The number of carbonyl (C=O) groups is 2. The molecule has 1 saturated heterocycles. The van der Waals surface area contributed by atoms with Crippen molar-refractivity contribution in [2.45, 2.75) is 6.92 Å². The summed E-state index contributed by atoms with van der Waals surface area (Å²) in [5.74, 6) is 1.01. The predicted octanol–water partition coefficient (Wildman–Crippen LogP) is 3.73. The molecular weight excluding hydrogens is 426 g/mol. The summed E-state index contributed by atoms with van der Waals surface area (Å²) < 4.78 is 10.9. The van der Waals surface area contributed by atoms with Gasteiger partial charge in [0.05, 0.1) is 6.26 Å². The number of rotatable bonds is 5. The van der Waals surface area contributed by atoms with E-state index in [2.05, 4.69) is 4.98 Å². The number of hydrogen-bond donors (Lipinski definition) is 0. The van der Waals surface area contributed by atoms with E-state index in [1.165, 1.54) is 11.3 Å². The minimum atomic E-state index is -0.119. The SMILES string of the molecule is Cc1sc(-c2ccco2)nc1C(=O)N1CCN(C(=O)COc2ccc(Cl)cc2)CC1. The Hall–Kier alpha value is -2.84. The fourth-order valence-electron chi connectivity index (χ4n) is 3.18. The molecule has 0 saturated carbocycles. The van der Waals surface area contributed by atoms with Gasteiger partial charge in [-0.2, -0.15) is 0 Å². The Morgan fingerprint density at radius 1 is 1.13 bits per heavy atom. The molecular formula is C21H20ClN3O4S. The molecule has 2 aromatic heterocycles. The third-order valence-electron chi connectivity index (χ3n) is 4.83. The number of hydrogen-bond acceptors (Lipinski definition) is 6. The van der Waals surface area contributed by atoms with Gasteiger partial charge in [-0.3, -0.25) is 9.59 Å². The molecule has 1 aliphatic rings. The molecule has 0 N–H and O–H groups in total. The smallest absolute Gasteiger partial charge is 0.273 e. The van der Waals surface area contributed by atoms with E-state index in [0.717, 1.165) is 4.88 Å². The number of halogens is 1. The summed E-state index contributed by atoms with van der Waals surface area (Å²) in [6.07, 6.45) is 1.58. The normalized spacial score (nSPS) is 14.1. The Kier molecular flexibility index (Phi) is 6.06. The third-order valence-corrected chi connectivity index (χ3v) is 6.06. The molecule has 4 rings (SSSR count). The second kappa shape index (κ2) is 8.89. The second-order valence-corrected chi connectivity index (χ2v) is 8.46. The quantitative estimate of drug-likeness (QED) is 0.598. The van der Waals surface area contributed by atoms with E-state index < -0.39 is 0 Å². The van der Waals surface area contributed by atoms with Crippen LogP contribution < -0.4 is 4.74 Å². The average Bonchev–Trinajstić information content (AvgIpc) is 3.42. The summed E-state index contributed by atoms with van der Waals surface area (Å²) in [7, 11) is 0. The monoisotopic (exact) mass is 445 g/mol. The lowest BCUT2D eigenvalue weighted by atomic mass is 10.2. The molecule has 156 valence electrons. The van der Waals surface area contributed by atoms with Crippen molar-refractivity contribution in [2.24, 2.45) is 0 Å². The number of thiazole rings is 1. The number of piperazine rings is 1. The molecule has 2 amide bonds. The van der Waals surface area contributed by atoms with Gasteiger partial charge in [0.1, 0.15) is 11.4 Å². The maximum Gasteiger partial charge on any atom is 0.273 e. The zero-order valence-electron chi connectivity index (χ0n) is 16.3. The maximum absolute atomic E-state index is 12.9. The largest absolute Gasteiger partial charge is 0.484 e. The number of ether oxygens (including phenoxy) is 1. The van der Waals surface area contributed by atoms with Crippen molar-refractivity contribution in [3.8, 4) is 16.5 Å². The molecule has 0 bridgehead atoms. The van der Waals surface area contributed by atoms with E-state index in [4.69, 9.17) is 20.8 Å². The molecule has 30 heavy (non-hydrogen) atoms. The lowest BCUT2D eigenvalue weighted by Crippen LogP contribution is -2.51. The molecule has 1 fully saturated rings. The lowest BCUT2D eigenvalue weighted by Gasteiger charge is -2.34. The molecule has 9 heteroatoms. The van der Waals surface area contributed by atoms with Crippen LogP contribution in [0.15, 0.2) is 47.1 Å². The highest BCUT2D eigenvalue weighted by molar-refractivity contribution is 7.15. The van der Waals surface area contributed by atoms with E-state index in [-0.39, 0.29) is 18.4 Å². The van der Waals surface area contributed by atoms with E-state index in [9.17, 15) is 9.59 Å². The number of amides is 2. The van der Waals surface area contributed by atoms with Gasteiger partial charge in [-0.15, -0.1) is 11.3 Å². The summed E-state index contributed by atoms with van der Waals surface area (Å²) >= 11 is 7.28. The Morgan fingerprint density at radius 3 is 2.50 bits per heavy atom. The molecule has 3 heterocycles. The zero-order valence-corrected chi connectivity index (χ0v) is 17.9. The summed E-state index contributed by atoms with van der Waals surface area (Å²) in [6.45, 7) is 3.67. The van der Waals surface area contributed by atoms with E-state index in [1.54, 1.807) is 46.4 Å². The average molecular weight is 446 g/mol. The first-order chi connectivity index (χ1) is 14.5. The summed E-state index contributed by atoms with van der Waals surface area (Å²) in [4.78, 5) is 34.1. The van der Waals surface area contributed by atoms with Crippen LogP contribution in [-0.4, -0.2) is 59.4 Å². The Balaban J connectivity index is 1.31. The van der Waals surface area contributed by atoms with Crippen molar-refractivity contribution in [2.75, 3.05) is 32.8 Å². The van der Waals surface area contributed by atoms with Gasteiger partial charge in [0, 0.05) is 36.1 Å². The van der Waals surface area contributed by atoms with E-state index >= 15 is 0 Å². The number of carbonyl (C=O) groups excluding carboxylic acids is 2. The molecule has 3 aromatic rings. The first-order valence-corrected chi connectivity index (χ1v) is 10.7. The molecule has 1 aromatic carbocycles. The first kappa shape index (κ1) is 20.4. The van der Waals surface area contributed by atoms with Crippen LogP contribution in [0.3, 0.4) is 0 Å². The van der Waals surface area contributed by atoms with Gasteiger partial charge < -0.3 is 19.0 Å². The van der Waals surface area contributed by atoms with Crippen molar-refractivity contribution < 1.29 is 18.7 Å². The second-order valence-electron chi connectivity index (χ2n) is 6.82. The summed E-state index contributed by atoms with van der Waals surface area (Å²) in [6, 6.07) is 10.5. The predicted molar refractivity (Wildman–Crippen MR) is 114 cm³/mol. The van der Waals surface area contributed by atoms with Crippen molar-refractivity contribution >= 4 is 34.8 Å². The van der Waals surface area contributed by atoms with Gasteiger partial charge in [-0.25, -0.2) is 4.98 Å². The number of aromatic nitrogens is 1. The van der Waals surface area contributed by atoms with Crippen LogP contribution in [-0.2, 0) is 4.79 Å². The van der Waals surface area contributed by atoms with Crippen molar-refractivity contribution in [1.82, 2.24) is 14.8 Å². The molecule has 0 radical (unpaired) electrons. The van der Waals surface area contributed by atoms with Gasteiger partial charge in [0.15, 0.2) is 17.4 Å². The zero-order chi connectivity index (χ0) is 21.1. The highest BCUT2D eigenvalue weighted by Crippen LogP contribution is 2.28. The minimum absolute atomic E-state index is 0.0483. The third kappa shape index (κ3) is 4.49. The van der Waals surface area contributed by atoms with Crippen LogP contribution in [0.4, 0.5) is 0 Å². The van der Waals surface area contributed by atoms with Crippen molar-refractivity contribution in [1.29, 1.82) is 0 Å². The van der Waals surface area contributed by atoms with Gasteiger partial charge in [0.2, 0.25) is 0 Å². The highest BCUT2D eigenvalue weighted by atomic mass is 35.5. The van der Waals surface area contributed by atoms with Crippen LogP contribution in [0.2, 0.25) is 5.02 Å². The molecule has 1 aliphatic heterocycles. The summed E-state index contributed by atoms with van der Waals surface area (Å²) in [5, 5.41) is 1.30. The van der Waals surface area contributed by atoms with Gasteiger partial charge in [-0.1, -0.05) is 11.6 Å². The number of benzene rings is 1. The first-order valence-electron chi connectivity index (χ1n) is 9.48. The van der Waals surface area contributed by atoms with E-state index in [0.29, 0.717) is 53.4 Å². The van der Waals surface area contributed by atoms with Crippen LogP contribution in [0.25, 0.3) is 10.8 Å². The molecule has 7 nitrogen and oxygen atoms in total. The fraction of sp³-hybridized carbons (Fsp3) is 0.286. The van der Waals surface area contributed by atoms with Crippen LogP contribution in [0.5, 0.6) is 5.75 Å². The number of aryl methyl sites for hydroxylation is 1. The molecule has 0 aliphatic carbocycles. The fourth-order valence-corrected chi connectivity index (χ4v) is 4.18. The van der Waals surface area contributed by atoms with Crippen LogP contribution >= 0.6 is 22.9 Å². The number of furan rings is 1.